The minimum Gasteiger partial charge on any atom is -0.305 e. The number of aromatic nitrogens is 4. The van der Waals surface area contributed by atoms with Crippen molar-refractivity contribution >= 4 is 15.5 Å². The molecule has 5 aromatic rings. The summed E-state index contributed by atoms with van der Waals surface area (Å²) in [5.74, 6) is -0.356. The number of hydrogen-bond acceptors (Lipinski definition) is 6. The van der Waals surface area contributed by atoms with Gasteiger partial charge in [0.1, 0.15) is 11.5 Å². The van der Waals surface area contributed by atoms with Gasteiger partial charge in [0.05, 0.1) is 22.0 Å². The third-order valence-electron chi connectivity index (χ3n) is 5.48. The zero-order chi connectivity index (χ0) is 24.6. The van der Waals surface area contributed by atoms with Crippen LogP contribution < -0.4 is 0 Å². The zero-order valence-corrected chi connectivity index (χ0v) is 19.9. The highest BCUT2D eigenvalue weighted by Crippen LogP contribution is 2.33. The van der Waals surface area contributed by atoms with Crippen LogP contribution in [0.1, 0.15) is 5.56 Å². The van der Waals surface area contributed by atoms with Crippen molar-refractivity contribution in [2.75, 3.05) is 14.1 Å². The number of benzene rings is 2. The molecule has 5 rings (SSSR count). The second-order valence-corrected chi connectivity index (χ2v) is 10.2. The first kappa shape index (κ1) is 22.8. The van der Waals surface area contributed by atoms with Crippen LogP contribution in [-0.2, 0) is 16.4 Å². The Morgan fingerprint density at radius 1 is 0.943 bits per heavy atom. The van der Waals surface area contributed by atoms with Crippen LogP contribution in [0, 0.1) is 5.82 Å². The molecule has 0 radical (unpaired) electrons. The second kappa shape index (κ2) is 9.01. The van der Waals surface area contributed by atoms with Crippen molar-refractivity contribution in [1.82, 2.24) is 24.3 Å². The van der Waals surface area contributed by atoms with E-state index in [1.54, 1.807) is 36.4 Å². The van der Waals surface area contributed by atoms with E-state index in [1.807, 2.05) is 36.8 Å². The van der Waals surface area contributed by atoms with E-state index < -0.39 is 9.84 Å². The van der Waals surface area contributed by atoms with Crippen LogP contribution in [0.15, 0.2) is 95.2 Å². The minimum atomic E-state index is -3.92. The van der Waals surface area contributed by atoms with Gasteiger partial charge in [-0.15, -0.1) is 0 Å². The van der Waals surface area contributed by atoms with Crippen molar-refractivity contribution in [1.29, 1.82) is 0 Å². The van der Waals surface area contributed by atoms with Crippen molar-refractivity contribution in [3.63, 3.8) is 0 Å². The molecule has 0 atom stereocenters. The van der Waals surface area contributed by atoms with Crippen molar-refractivity contribution in [3.8, 4) is 22.6 Å². The molecule has 9 heteroatoms. The van der Waals surface area contributed by atoms with Gasteiger partial charge in [-0.25, -0.2) is 27.8 Å². The molecule has 7 nitrogen and oxygen atoms in total. The van der Waals surface area contributed by atoms with E-state index in [0.717, 1.165) is 12.1 Å². The molecule has 35 heavy (non-hydrogen) atoms. The summed E-state index contributed by atoms with van der Waals surface area (Å²) in [7, 11) is 0.0575. The Morgan fingerprint density at radius 3 is 2.40 bits per heavy atom. The topological polar surface area (TPSA) is 80.5 Å². The van der Waals surface area contributed by atoms with Gasteiger partial charge in [0.15, 0.2) is 0 Å². The number of imidazole rings is 1. The third kappa shape index (κ3) is 4.43. The Labute approximate surface area is 202 Å². The number of pyridine rings is 1. The van der Waals surface area contributed by atoms with Crippen LogP contribution in [0.25, 0.3) is 28.3 Å². The number of fused-ring (bicyclic) bond motifs is 1. The lowest BCUT2D eigenvalue weighted by Gasteiger charge is -2.10. The molecular weight excluding hydrogens is 465 g/mol. The van der Waals surface area contributed by atoms with Crippen molar-refractivity contribution in [2.24, 2.45) is 0 Å². The number of hydrogen-bond donors (Lipinski definition) is 0. The fourth-order valence-corrected chi connectivity index (χ4v) is 5.06. The van der Waals surface area contributed by atoms with E-state index >= 15 is 0 Å². The molecular formula is C26H22FN5O2S. The summed E-state index contributed by atoms with van der Waals surface area (Å²) in [5, 5.41) is -0.301. The Bertz CT molecular complexity index is 1620. The SMILES string of the molecule is CN(C)Cc1ccn2c(-c3ccnc(S(=O)(=O)c4ccccc4)n3)c(-c3ccc(F)cc3)nc2c1. The maximum atomic E-state index is 13.6. The Hall–Kier alpha value is -3.95. The summed E-state index contributed by atoms with van der Waals surface area (Å²) in [6.45, 7) is 0.734. The average molecular weight is 488 g/mol. The molecule has 0 aliphatic heterocycles. The highest BCUT2D eigenvalue weighted by molar-refractivity contribution is 7.91. The predicted molar refractivity (Wildman–Crippen MR) is 131 cm³/mol. The van der Waals surface area contributed by atoms with Crippen molar-refractivity contribution in [3.05, 3.63) is 96.6 Å². The molecule has 176 valence electrons. The van der Waals surface area contributed by atoms with Gasteiger partial charge >= 0.3 is 0 Å². The zero-order valence-electron chi connectivity index (χ0n) is 19.1. The van der Waals surface area contributed by atoms with E-state index in [1.165, 1.54) is 30.5 Å². The van der Waals surface area contributed by atoms with Crippen LogP contribution in [0.3, 0.4) is 0 Å². The molecule has 0 aliphatic carbocycles. The summed E-state index contributed by atoms with van der Waals surface area (Å²) in [6, 6.07) is 19.7. The lowest BCUT2D eigenvalue weighted by atomic mass is 10.1. The van der Waals surface area contributed by atoms with Gasteiger partial charge in [0.25, 0.3) is 5.16 Å². The van der Waals surface area contributed by atoms with Gasteiger partial charge in [-0.05, 0) is 74.3 Å². The maximum Gasteiger partial charge on any atom is 0.252 e. The van der Waals surface area contributed by atoms with Crippen LogP contribution in [0.5, 0.6) is 0 Å². The van der Waals surface area contributed by atoms with E-state index in [0.29, 0.717) is 28.3 Å². The summed E-state index contributed by atoms with van der Waals surface area (Å²) >= 11 is 0. The van der Waals surface area contributed by atoms with Gasteiger partial charge in [-0.1, -0.05) is 18.2 Å². The first-order valence-electron chi connectivity index (χ1n) is 10.9. The molecule has 0 bridgehead atoms. The summed E-state index contributed by atoms with van der Waals surface area (Å²) < 4.78 is 41.8. The molecule has 3 heterocycles. The molecule has 3 aromatic heterocycles. The minimum absolute atomic E-state index is 0.113. The smallest absolute Gasteiger partial charge is 0.252 e. The largest absolute Gasteiger partial charge is 0.305 e. The number of rotatable bonds is 6. The molecule has 0 N–H and O–H groups in total. The standard InChI is InChI=1S/C26H22FN5O2S/c1-31(2)17-18-13-15-32-23(16-18)30-24(19-8-10-20(27)11-9-19)25(32)22-12-14-28-26(29-22)35(33,34)21-6-4-3-5-7-21/h3-16H,17H2,1-2H3. The van der Waals surface area contributed by atoms with E-state index in [9.17, 15) is 12.8 Å². The average Bonchev–Trinajstić information content (AvgIpc) is 3.23. The van der Waals surface area contributed by atoms with Crippen molar-refractivity contribution < 1.29 is 12.8 Å². The van der Waals surface area contributed by atoms with Crippen molar-refractivity contribution in [2.45, 2.75) is 16.6 Å². The molecule has 0 spiro atoms. The third-order valence-corrected chi connectivity index (χ3v) is 7.05. The van der Waals surface area contributed by atoms with Gasteiger partial charge in [0, 0.05) is 24.5 Å². The lowest BCUT2D eigenvalue weighted by molar-refractivity contribution is 0.402. The normalized spacial score (nSPS) is 11.9. The van der Waals surface area contributed by atoms with Crippen LogP contribution in [0.4, 0.5) is 4.39 Å². The molecule has 0 saturated heterocycles. The highest BCUT2D eigenvalue weighted by Gasteiger charge is 2.24. The van der Waals surface area contributed by atoms with Gasteiger partial charge in [-0.3, -0.25) is 4.40 Å². The quantitative estimate of drug-likeness (QED) is 0.328. The number of halogens is 1. The Balaban J connectivity index is 1.71. The van der Waals surface area contributed by atoms with E-state index in [2.05, 4.69) is 14.9 Å². The highest BCUT2D eigenvalue weighted by atomic mass is 32.2. The molecule has 0 amide bonds. The molecule has 0 unspecified atom stereocenters. The predicted octanol–water partition coefficient (Wildman–Crippen LogP) is 4.49. The van der Waals surface area contributed by atoms with Crippen LogP contribution in [-0.4, -0.2) is 46.8 Å². The molecule has 0 aliphatic rings. The number of nitrogens with zero attached hydrogens (tertiary/aromatic N) is 5. The summed E-state index contributed by atoms with van der Waals surface area (Å²) in [4.78, 5) is 15.5. The van der Waals surface area contributed by atoms with Gasteiger partial charge in [-0.2, -0.15) is 0 Å². The molecule has 2 aromatic carbocycles. The summed E-state index contributed by atoms with van der Waals surface area (Å²) in [5.41, 5.74) is 3.97. The van der Waals surface area contributed by atoms with Gasteiger partial charge < -0.3 is 4.90 Å². The first-order chi connectivity index (χ1) is 16.8. The first-order valence-corrected chi connectivity index (χ1v) is 12.4. The second-order valence-electron chi connectivity index (χ2n) is 8.36. The Kier molecular flexibility index (Phi) is 5.88. The number of sulfone groups is 1. The monoisotopic (exact) mass is 487 g/mol. The molecule has 0 saturated carbocycles. The fourth-order valence-electron chi connectivity index (χ4n) is 3.91. The summed E-state index contributed by atoms with van der Waals surface area (Å²) in [6.07, 6.45) is 3.31. The van der Waals surface area contributed by atoms with E-state index in [4.69, 9.17) is 4.98 Å². The Morgan fingerprint density at radius 2 is 1.69 bits per heavy atom. The molecule has 0 fully saturated rings. The maximum absolute atomic E-state index is 13.6. The van der Waals surface area contributed by atoms with Crippen LogP contribution in [0.2, 0.25) is 0 Å². The van der Waals surface area contributed by atoms with E-state index in [-0.39, 0.29) is 15.9 Å². The van der Waals surface area contributed by atoms with Gasteiger partial charge in [0.2, 0.25) is 9.84 Å². The van der Waals surface area contributed by atoms with Crippen LogP contribution >= 0.6 is 0 Å². The lowest BCUT2D eigenvalue weighted by Crippen LogP contribution is -2.10. The fraction of sp³-hybridized carbons (Fsp3) is 0.115.